The number of aliphatic hydroxyl groups is 1. The Morgan fingerprint density at radius 2 is 2.00 bits per heavy atom. The van der Waals surface area contributed by atoms with Crippen molar-refractivity contribution in [2.75, 3.05) is 19.7 Å². The number of carbonyl (C=O) groups excluding carboxylic acids is 1. The topological polar surface area (TPSA) is 40.5 Å². The third kappa shape index (κ3) is 2.83. The quantitative estimate of drug-likeness (QED) is 0.772. The van der Waals surface area contributed by atoms with E-state index in [4.69, 9.17) is 5.11 Å². The first-order chi connectivity index (χ1) is 7.81. The van der Waals surface area contributed by atoms with Gasteiger partial charge in [-0.3, -0.25) is 9.69 Å². The molecule has 0 amide bonds. The van der Waals surface area contributed by atoms with E-state index >= 15 is 0 Å². The number of ketones is 1. The van der Waals surface area contributed by atoms with Crippen LogP contribution in [0.25, 0.3) is 0 Å². The smallest absolute Gasteiger partial charge is 0.137 e. The van der Waals surface area contributed by atoms with Crippen LogP contribution >= 0.6 is 0 Å². The maximum absolute atomic E-state index is 11.8. The predicted molar refractivity (Wildman–Crippen MR) is 63.3 cm³/mol. The highest BCUT2D eigenvalue weighted by Gasteiger charge is 2.29. The molecule has 2 aliphatic carbocycles. The van der Waals surface area contributed by atoms with Crippen molar-refractivity contribution in [3.05, 3.63) is 0 Å². The molecule has 1 N–H and O–H groups in total. The fourth-order valence-electron chi connectivity index (χ4n) is 2.83. The molecule has 2 aliphatic rings. The molecule has 0 spiro atoms. The minimum Gasteiger partial charge on any atom is -0.395 e. The fraction of sp³-hybridized carbons (Fsp3) is 0.923. The van der Waals surface area contributed by atoms with E-state index < -0.39 is 0 Å². The van der Waals surface area contributed by atoms with Gasteiger partial charge in [0.25, 0.3) is 0 Å². The Balaban J connectivity index is 1.85. The summed E-state index contributed by atoms with van der Waals surface area (Å²) in [5.74, 6) is 0.703. The Hall–Kier alpha value is -0.410. The van der Waals surface area contributed by atoms with Crippen molar-refractivity contribution in [1.29, 1.82) is 0 Å². The zero-order chi connectivity index (χ0) is 11.4. The fourth-order valence-corrected chi connectivity index (χ4v) is 2.83. The summed E-state index contributed by atoms with van der Waals surface area (Å²) in [6.45, 7) is 1.86. The second-order valence-electron chi connectivity index (χ2n) is 5.21. The summed E-state index contributed by atoms with van der Waals surface area (Å²) in [6, 6.07) is 0.641. The molecule has 0 aromatic rings. The SMILES string of the molecule is O=C1CCCCC1CN(CCO)C1CCC1. The molecule has 16 heavy (non-hydrogen) atoms. The minimum atomic E-state index is 0.220. The second-order valence-corrected chi connectivity index (χ2v) is 5.21. The largest absolute Gasteiger partial charge is 0.395 e. The lowest BCUT2D eigenvalue weighted by Gasteiger charge is -2.39. The van der Waals surface area contributed by atoms with Crippen molar-refractivity contribution in [3.63, 3.8) is 0 Å². The number of carbonyl (C=O) groups is 1. The van der Waals surface area contributed by atoms with Crippen LogP contribution in [0, 0.1) is 5.92 Å². The van der Waals surface area contributed by atoms with E-state index in [9.17, 15) is 4.79 Å². The predicted octanol–water partition coefficient (Wildman–Crippen LogP) is 1.59. The Kier molecular flexibility index (Phi) is 4.36. The lowest BCUT2D eigenvalue weighted by Crippen LogP contribution is -2.45. The molecular formula is C13H23NO2. The van der Waals surface area contributed by atoms with E-state index in [0.717, 1.165) is 32.4 Å². The Bertz CT molecular complexity index is 238. The standard InChI is InChI=1S/C13H23NO2/c15-9-8-14(12-5-3-6-12)10-11-4-1-2-7-13(11)16/h11-12,15H,1-10H2. The first kappa shape index (κ1) is 12.1. The number of hydrogen-bond donors (Lipinski definition) is 1. The highest BCUT2D eigenvalue weighted by Crippen LogP contribution is 2.28. The molecule has 2 rings (SSSR count). The maximum atomic E-state index is 11.8. The van der Waals surface area contributed by atoms with E-state index in [1.165, 1.54) is 25.7 Å². The third-order valence-electron chi connectivity index (χ3n) is 4.11. The van der Waals surface area contributed by atoms with Crippen molar-refractivity contribution in [2.45, 2.75) is 51.0 Å². The van der Waals surface area contributed by atoms with Crippen LogP contribution in [0.15, 0.2) is 0 Å². The van der Waals surface area contributed by atoms with Gasteiger partial charge in [0.15, 0.2) is 0 Å². The lowest BCUT2D eigenvalue weighted by atomic mass is 9.85. The van der Waals surface area contributed by atoms with E-state index in [2.05, 4.69) is 4.90 Å². The van der Waals surface area contributed by atoms with E-state index in [1.807, 2.05) is 0 Å². The Morgan fingerprint density at radius 1 is 1.19 bits per heavy atom. The summed E-state index contributed by atoms with van der Waals surface area (Å²) in [4.78, 5) is 14.1. The first-order valence-corrected chi connectivity index (χ1v) is 6.69. The Labute approximate surface area is 97.8 Å². The monoisotopic (exact) mass is 225 g/mol. The molecule has 0 aromatic heterocycles. The molecule has 92 valence electrons. The van der Waals surface area contributed by atoms with Gasteiger partial charge in [0.05, 0.1) is 6.61 Å². The van der Waals surface area contributed by atoms with Gasteiger partial charge in [-0.2, -0.15) is 0 Å². The van der Waals surface area contributed by atoms with Gasteiger partial charge in [0, 0.05) is 31.5 Å². The van der Waals surface area contributed by atoms with Gasteiger partial charge >= 0.3 is 0 Å². The van der Waals surface area contributed by atoms with E-state index in [1.54, 1.807) is 0 Å². The van der Waals surface area contributed by atoms with Crippen LogP contribution in [0.3, 0.4) is 0 Å². The van der Waals surface area contributed by atoms with Gasteiger partial charge in [-0.25, -0.2) is 0 Å². The summed E-state index contributed by atoms with van der Waals surface area (Å²) in [7, 11) is 0. The van der Waals surface area contributed by atoms with Crippen molar-refractivity contribution < 1.29 is 9.90 Å². The van der Waals surface area contributed by atoms with E-state index in [-0.39, 0.29) is 12.5 Å². The van der Waals surface area contributed by atoms with Gasteiger partial charge in [-0.05, 0) is 25.7 Å². The van der Waals surface area contributed by atoms with Gasteiger partial charge in [-0.1, -0.05) is 12.8 Å². The molecule has 0 radical (unpaired) electrons. The van der Waals surface area contributed by atoms with Crippen molar-refractivity contribution >= 4 is 5.78 Å². The molecule has 2 saturated carbocycles. The molecule has 0 aliphatic heterocycles. The number of aliphatic hydroxyl groups excluding tert-OH is 1. The molecule has 1 atom stereocenters. The molecule has 2 fully saturated rings. The van der Waals surface area contributed by atoms with Crippen LogP contribution in [0.5, 0.6) is 0 Å². The number of Topliss-reactive ketones (excluding diaryl/α,β-unsaturated/α-hetero) is 1. The van der Waals surface area contributed by atoms with Crippen LogP contribution in [0.2, 0.25) is 0 Å². The van der Waals surface area contributed by atoms with Crippen LogP contribution in [0.4, 0.5) is 0 Å². The van der Waals surface area contributed by atoms with Crippen LogP contribution in [0.1, 0.15) is 44.9 Å². The highest BCUT2D eigenvalue weighted by atomic mass is 16.3. The summed E-state index contributed by atoms with van der Waals surface area (Å²) in [5.41, 5.74) is 0. The van der Waals surface area contributed by atoms with Crippen LogP contribution < -0.4 is 0 Å². The number of rotatable bonds is 5. The average molecular weight is 225 g/mol. The minimum absolute atomic E-state index is 0.220. The first-order valence-electron chi connectivity index (χ1n) is 6.69. The number of nitrogens with zero attached hydrogens (tertiary/aromatic N) is 1. The van der Waals surface area contributed by atoms with Gasteiger partial charge in [0.1, 0.15) is 5.78 Å². The van der Waals surface area contributed by atoms with Gasteiger partial charge in [0.2, 0.25) is 0 Å². The highest BCUT2D eigenvalue weighted by molar-refractivity contribution is 5.81. The van der Waals surface area contributed by atoms with Crippen molar-refractivity contribution in [2.24, 2.45) is 5.92 Å². The molecule has 1 unspecified atom stereocenters. The normalized spacial score (nSPS) is 27.1. The van der Waals surface area contributed by atoms with E-state index in [0.29, 0.717) is 11.8 Å². The number of hydrogen-bond acceptors (Lipinski definition) is 3. The zero-order valence-corrected chi connectivity index (χ0v) is 10.0. The van der Waals surface area contributed by atoms with Gasteiger partial charge < -0.3 is 5.11 Å². The molecule has 0 aromatic carbocycles. The van der Waals surface area contributed by atoms with Crippen molar-refractivity contribution in [1.82, 2.24) is 4.90 Å². The third-order valence-corrected chi connectivity index (χ3v) is 4.11. The summed E-state index contributed by atoms with van der Waals surface area (Å²) < 4.78 is 0. The van der Waals surface area contributed by atoms with Crippen LogP contribution in [-0.2, 0) is 4.79 Å². The Morgan fingerprint density at radius 3 is 2.56 bits per heavy atom. The second kappa shape index (κ2) is 5.78. The molecule has 3 heteroatoms. The summed E-state index contributed by atoms with van der Waals surface area (Å²) in [5, 5.41) is 9.07. The molecule has 0 saturated heterocycles. The summed E-state index contributed by atoms with van der Waals surface area (Å²) >= 11 is 0. The van der Waals surface area contributed by atoms with Crippen molar-refractivity contribution in [3.8, 4) is 0 Å². The molecular weight excluding hydrogens is 202 g/mol. The molecule has 3 nitrogen and oxygen atoms in total. The zero-order valence-electron chi connectivity index (χ0n) is 10.0. The molecule has 0 heterocycles. The lowest BCUT2D eigenvalue weighted by molar-refractivity contribution is -0.125. The van der Waals surface area contributed by atoms with Gasteiger partial charge in [-0.15, -0.1) is 0 Å². The maximum Gasteiger partial charge on any atom is 0.137 e. The molecule has 0 bridgehead atoms. The average Bonchev–Trinajstić information content (AvgIpc) is 2.19. The summed E-state index contributed by atoms with van der Waals surface area (Å²) in [6.07, 6.45) is 7.94. The van der Waals surface area contributed by atoms with Crippen LogP contribution in [-0.4, -0.2) is 41.5 Å².